The van der Waals surface area contributed by atoms with Crippen LogP contribution in [0, 0.1) is 0 Å². The van der Waals surface area contributed by atoms with E-state index in [1.54, 1.807) is 0 Å². The minimum atomic E-state index is -0.763. The maximum Gasteiger partial charge on any atom is 0.256 e. The summed E-state index contributed by atoms with van der Waals surface area (Å²) in [6.45, 7) is 6.12. The van der Waals surface area contributed by atoms with E-state index in [-0.39, 0.29) is 5.91 Å². The van der Waals surface area contributed by atoms with Crippen LogP contribution in [0.3, 0.4) is 0 Å². The van der Waals surface area contributed by atoms with E-state index in [0.29, 0.717) is 13.1 Å². The third-order valence-corrected chi connectivity index (χ3v) is 6.14. The molecular formula is C21H31N3O2. The van der Waals surface area contributed by atoms with Gasteiger partial charge in [0.2, 0.25) is 0 Å². The van der Waals surface area contributed by atoms with Gasteiger partial charge in [-0.05, 0) is 63.7 Å². The average Bonchev–Trinajstić information content (AvgIpc) is 3.34. The summed E-state index contributed by atoms with van der Waals surface area (Å²) in [7, 11) is 0. The molecule has 5 heteroatoms. The number of carbonyl (C=O) groups is 1. The molecule has 3 aliphatic rings. The number of β-amino-alcohol motifs (C(OH)–C–C–N with tert-alkyl or cyclic N) is 1. The number of likely N-dealkylation sites (tertiary alicyclic amines) is 2. The first-order valence-corrected chi connectivity index (χ1v) is 10.2. The van der Waals surface area contributed by atoms with E-state index in [2.05, 4.69) is 15.9 Å². The van der Waals surface area contributed by atoms with Gasteiger partial charge in [-0.25, -0.2) is 0 Å². The molecule has 3 aliphatic heterocycles. The second kappa shape index (κ2) is 7.57. The largest absolute Gasteiger partial charge is 0.387 e. The molecular weight excluding hydrogens is 326 g/mol. The van der Waals surface area contributed by atoms with E-state index in [0.717, 1.165) is 56.8 Å². The summed E-state index contributed by atoms with van der Waals surface area (Å²) in [5.74, 6) is 0.0760. The van der Waals surface area contributed by atoms with Gasteiger partial charge in [-0.2, -0.15) is 0 Å². The summed E-state index contributed by atoms with van der Waals surface area (Å²) in [6, 6.07) is 7.99. The lowest BCUT2D eigenvalue weighted by molar-refractivity contribution is -0.0430. The zero-order chi connectivity index (χ0) is 18.0. The Balaban J connectivity index is 1.49. The molecule has 3 saturated heterocycles. The van der Waals surface area contributed by atoms with Crippen LogP contribution in [0.4, 0.5) is 5.69 Å². The number of benzene rings is 1. The maximum absolute atomic E-state index is 13.3. The highest BCUT2D eigenvalue weighted by Gasteiger charge is 2.38. The van der Waals surface area contributed by atoms with Gasteiger partial charge in [0.25, 0.3) is 5.91 Å². The highest BCUT2D eigenvalue weighted by atomic mass is 16.3. The van der Waals surface area contributed by atoms with Crippen LogP contribution in [0.25, 0.3) is 0 Å². The number of carbonyl (C=O) groups excluding carboxylic acids is 1. The Kier molecular flexibility index (Phi) is 5.18. The van der Waals surface area contributed by atoms with E-state index in [1.165, 1.54) is 25.7 Å². The molecule has 26 heavy (non-hydrogen) atoms. The topological polar surface area (TPSA) is 47.0 Å². The van der Waals surface area contributed by atoms with Crippen LogP contribution in [0.1, 0.15) is 48.9 Å². The summed E-state index contributed by atoms with van der Waals surface area (Å²) in [5, 5.41) is 11.1. The third-order valence-electron chi connectivity index (χ3n) is 6.14. The van der Waals surface area contributed by atoms with E-state index in [4.69, 9.17) is 0 Å². The van der Waals surface area contributed by atoms with Gasteiger partial charge in [0, 0.05) is 31.9 Å². The molecule has 0 saturated carbocycles. The first-order valence-electron chi connectivity index (χ1n) is 10.2. The van der Waals surface area contributed by atoms with Gasteiger partial charge in [-0.15, -0.1) is 0 Å². The van der Waals surface area contributed by atoms with Crippen LogP contribution in [0.2, 0.25) is 0 Å². The number of amides is 1. The quantitative estimate of drug-likeness (QED) is 0.899. The minimum Gasteiger partial charge on any atom is -0.387 e. The summed E-state index contributed by atoms with van der Waals surface area (Å²) in [5.41, 5.74) is 1.09. The number of nitrogens with zero attached hydrogens (tertiary/aromatic N) is 3. The number of hydrogen-bond acceptors (Lipinski definition) is 4. The van der Waals surface area contributed by atoms with Crippen LogP contribution < -0.4 is 4.90 Å². The SMILES string of the molecule is O=C(c1ccccc1N1CCCC1)N1CCC[C@](O)(CN2CCCC2)C1. The van der Waals surface area contributed by atoms with Crippen molar-refractivity contribution in [2.45, 2.75) is 44.1 Å². The predicted molar refractivity (Wildman–Crippen MR) is 104 cm³/mol. The molecule has 1 aromatic rings. The second-order valence-electron chi connectivity index (χ2n) is 8.25. The fraction of sp³-hybridized carbons (Fsp3) is 0.667. The molecule has 0 spiro atoms. The zero-order valence-corrected chi connectivity index (χ0v) is 15.7. The normalized spacial score (nSPS) is 27.3. The van der Waals surface area contributed by atoms with E-state index in [1.807, 2.05) is 23.1 Å². The molecule has 1 atom stereocenters. The molecule has 5 nitrogen and oxygen atoms in total. The lowest BCUT2D eigenvalue weighted by Gasteiger charge is -2.41. The van der Waals surface area contributed by atoms with Crippen molar-refractivity contribution in [1.82, 2.24) is 9.80 Å². The molecule has 142 valence electrons. The van der Waals surface area contributed by atoms with E-state index in [9.17, 15) is 9.90 Å². The molecule has 0 aromatic heterocycles. The average molecular weight is 357 g/mol. The zero-order valence-electron chi connectivity index (χ0n) is 15.7. The van der Waals surface area contributed by atoms with Crippen molar-refractivity contribution in [2.75, 3.05) is 50.7 Å². The fourth-order valence-electron chi connectivity index (χ4n) is 4.83. The Morgan fingerprint density at radius 3 is 2.42 bits per heavy atom. The number of aliphatic hydroxyl groups is 1. The third kappa shape index (κ3) is 3.74. The molecule has 0 bridgehead atoms. The number of hydrogen-bond donors (Lipinski definition) is 1. The number of rotatable bonds is 4. The summed E-state index contributed by atoms with van der Waals surface area (Å²) < 4.78 is 0. The summed E-state index contributed by atoms with van der Waals surface area (Å²) in [4.78, 5) is 19.8. The minimum absolute atomic E-state index is 0.0760. The van der Waals surface area contributed by atoms with Crippen molar-refractivity contribution in [3.05, 3.63) is 29.8 Å². The Morgan fingerprint density at radius 2 is 1.65 bits per heavy atom. The first kappa shape index (κ1) is 17.8. The Hall–Kier alpha value is -1.59. The van der Waals surface area contributed by atoms with Crippen molar-refractivity contribution in [2.24, 2.45) is 0 Å². The highest BCUT2D eigenvalue weighted by molar-refractivity contribution is 6.00. The second-order valence-corrected chi connectivity index (χ2v) is 8.25. The van der Waals surface area contributed by atoms with Crippen molar-refractivity contribution in [3.8, 4) is 0 Å². The fourth-order valence-corrected chi connectivity index (χ4v) is 4.83. The first-order chi connectivity index (χ1) is 12.6. The Labute approximate surface area is 156 Å². The van der Waals surface area contributed by atoms with Gasteiger partial charge in [0.1, 0.15) is 0 Å². The van der Waals surface area contributed by atoms with Gasteiger partial charge >= 0.3 is 0 Å². The molecule has 1 N–H and O–H groups in total. The molecule has 0 unspecified atom stereocenters. The molecule has 0 radical (unpaired) electrons. The molecule has 4 rings (SSSR count). The van der Waals surface area contributed by atoms with Crippen molar-refractivity contribution in [3.63, 3.8) is 0 Å². The van der Waals surface area contributed by atoms with Gasteiger partial charge in [0.05, 0.1) is 17.7 Å². The highest BCUT2D eigenvalue weighted by Crippen LogP contribution is 2.29. The van der Waals surface area contributed by atoms with Gasteiger partial charge in [-0.3, -0.25) is 4.79 Å². The molecule has 1 aromatic carbocycles. The van der Waals surface area contributed by atoms with Gasteiger partial charge in [-0.1, -0.05) is 12.1 Å². The van der Waals surface area contributed by atoms with Crippen molar-refractivity contribution in [1.29, 1.82) is 0 Å². The van der Waals surface area contributed by atoms with Crippen LogP contribution in [-0.2, 0) is 0 Å². The van der Waals surface area contributed by atoms with E-state index < -0.39 is 5.60 Å². The van der Waals surface area contributed by atoms with Crippen LogP contribution in [0.15, 0.2) is 24.3 Å². The maximum atomic E-state index is 13.3. The molecule has 1 amide bonds. The summed E-state index contributed by atoms with van der Waals surface area (Å²) >= 11 is 0. The van der Waals surface area contributed by atoms with Crippen LogP contribution in [0.5, 0.6) is 0 Å². The Bertz CT molecular complexity index is 638. The van der Waals surface area contributed by atoms with Gasteiger partial charge < -0.3 is 19.8 Å². The van der Waals surface area contributed by atoms with E-state index >= 15 is 0 Å². The Morgan fingerprint density at radius 1 is 0.962 bits per heavy atom. The van der Waals surface area contributed by atoms with Gasteiger partial charge in [0.15, 0.2) is 0 Å². The molecule has 3 heterocycles. The van der Waals surface area contributed by atoms with Crippen molar-refractivity contribution < 1.29 is 9.90 Å². The predicted octanol–water partition coefficient (Wildman–Crippen LogP) is 2.35. The lowest BCUT2D eigenvalue weighted by Crippen LogP contribution is -2.55. The number of piperidine rings is 1. The smallest absolute Gasteiger partial charge is 0.256 e. The lowest BCUT2D eigenvalue weighted by atomic mass is 9.91. The monoisotopic (exact) mass is 357 g/mol. The van der Waals surface area contributed by atoms with Crippen molar-refractivity contribution >= 4 is 11.6 Å². The molecule has 0 aliphatic carbocycles. The number of para-hydroxylation sites is 1. The van der Waals surface area contributed by atoms with Crippen LogP contribution >= 0.6 is 0 Å². The van der Waals surface area contributed by atoms with Crippen LogP contribution in [-0.4, -0.2) is 72.2 Å². The summed E-state index contributed by atoms with van der Waals surface area (Å²) in [6.07, 6.45) is 6.51. The molecule has 3 fully saturated rings. The number of anilines is 1. The standard InChI is InChI=1S/C21H31N3O2/c25-20(18-8-1-2-9-19(18)23-13-5-6-14-23)24-15-7-10-21(26,17-24)16-22-11-3-4-12-22/h1-2,8-9,26H,3-7,10-17H2/t21-/m0/s1.